The standard InChI is InChI=1S/C19H21BClN2/c1-13(20)15-4-2-14(3-5-15)12-23-19-17-9-11-22-10-8-16(17)6-7-18(19)21/h2-7,22-23H,8-12H2,1H3. The van der Waals surface area contributed by atoms with Gasteiger partial charge in [0.2, 0.25) is 0 Å². The first-order chi connectivity index (χ1) is 11.1. The van der Waals surface area contributed by atoms with Crippen LogP contribution >= 0.6 is 11.6 Å². The van der Waals surface area contributed by atoms with E-state index in [1.807, 2.05) is 13.0 Å². The molecule has 0 fully saturated rings. The van der Waals surface area contributed by atoms with Gasteiger partial charge in [-0.25, -0.2) is 0 Å². The molecule has 1 aliphatic heterocycles. The summed E-state index contributed by atoms with van der Waals surface area (Å²) in [5.41, 5.74) is 6.96. The molecule has 3 rings (SSSR count). The molecule has 1 radical (unpaired) electrons. The van der Waals surface area contributed by atoms with E-state index >= 15 is 0 Å². The number of halogens is 1. The van der Waals surface area contributed by atoms with Crippen molar-refractivity contribution < 1.29 is 0 Å². The third-order valence-corrected chi connectivity index (χ3v) is 4.68. The molecule has 0 saturated heterocycles. The zero-order chi connectivity index (χ0) is 16.2. The van der Waals surface area contributed by atoms with Crippen LogP contribution in [0.5, 0.6) is 0 Å². The predicted octanol–water partition coefficient (Wildman–Crippen LogP) is 3.35. The molecule has 2 nitrogen and oxygen atoms in total. The number of hydrogen-bond acceptors (Lipinski definition) is 2. The molecule has 2 aromatic rings. The van der Waals surface area contributed by atoms with Gasteiger partial charge in [0.05, 0.1) is 0 Å². The van der Waals surface area contributed by atoms with Crippen LogP contribution in [0.2, 0.25) is 5.02 Å². The first kappa shape index (κ1) is 16.3. The quantitative estimate of drug-likeness (QED) is 0.843. The van der Waals surface area contributed by atoms with Gasteiger partial charge in [0, 0.05) is 0 Å². The van der Waals surface area contributed by atoms with Crippen LogP contribution in [0.4, 0.5) is 5.69 Å². The van der Waals surface area contributed by atoms with Crippen LogP contribution in [0.25, 0.3) is 0 Å². The second kappa shape index (κ2) is 7.33. The fraction of sp³-hybridized carbons (Fsp3) is 0.316. The Balaban J connectivity index is 1.78. The number of benzene rings is 2. The molecule has 0 amide bonds. The van der Waals surface area contributed by atoms with Gasteiger partial charge in [-0.2, -0.15) is 0 Å². The molecule has 2 aromatic carbocycles. The molecule has 1 heterocycles. The van der Waals surface area contributed by atoms with Crippen molar-refractivity contribution in [2.75, 3.05) is 18.4 Å². The molecule has 23 heavy (non-hydrogen) atoms. The monoisotopic (exact) mass is 323 g/mol. The zero-order valence-corrected chi connectivity index (χ0v) is 14.2. The van der Waals surface area contributed by atoms with Crippen LogP contribution in [0.15, 0.2) is 36.4 Å². The van der Waals surface area contributed by atoms with Gasteiger partial charge in [-0.1, -0.05) is 0 Å². The van der Waals surface area contributed by atoms with Gasteiger partial charge in [-0.3, -0.25) is 0 Å². The second-order valence-corrected chi connectivity index (χ2v) is 6.45. The third kappa shape index (κ3) is 3.85. The summed E-state index contributed by atoms with van der Waals surface area (Å²) in [6, 6.07) is 12.5. The minimum absolute atomic E-state index is 0.757. The van der Waals surface area contributed by atoms with E-state index in [0.29, 0.717) is 0 Å². The summed E-state index contributed by atoms with van der Waals surface area (Å²) in [6.07, 6.45) is 2.07. The SMILES string of the molecule is [B]=C(C)c1ccc(CNc2c(Cl)ccc3c2CCNCC3)cc1. The Morgan fingerprint density at radius 3 is 2.61 bits per heavy atom. The molecule has 2 N–H and O–H groups in total. The van der Waals surface area contributed by atoms with Gasteiger partial charge in [0.25, 0.3) is 0 Å². The number of hydrogen-bond donors (Lipinski definition) is 2. The molecule has 0 saturated carbocycles. The molecule has 1 aliphatic rings. The van der Waals surface area contributed by atoms with Gasteiger partial charge in [0.1, 0.15) is 0 Å². The zero-order valence-electron chi connectivity index (χ0n) is 13.5. The molecule has 0 atom stereocenters. The molecular formula is C19H21BClN2. The van der Waals surface area contributed by atoms with Crippen molar-refractivity contribution in [1.29, 1.82) is 0 Å². The molecule has 0 aromatic heterocycles. The van der Waals surface area contributed by atoms with E-state index in [1.54, 1.807) is 0 Å². The Kier molecular flexibility index (Phi) is 5.19. The Morgan fingerprint density at radius 1 is 1.13 bits per heavy atom. The van der Waals surface area contributed by atoms with E-state index in [9.17, 15) is 0 Å². The van der Waals surface area contributed by atoms with Crippen LogP contribution in [-0.4, -0.2) is 26.0 Å². The fourth-order valence-electron chi connectivity index (χ4n) is 3.01. The van der Waals surface area contributed by atoms with Crippen molar-refractivity contribution in [2.45, 2.75) is 26.3 Å². The summed E-state index contributed by atoms with van der Waals surface area (Å²) in [4.78, 5) is 0. The van der Waals surface area contributed by atoms with Crippen molar-refractivity contribution in [3.63, 3.8) is 0 Å². The van der Waals surface area contributed by atoms with Crippen LogP contribution < -0.4 is 10.6 Å². The Bertz CT molecular complexity index is 710. The van der Waals surface area contributed by atoms with E-state index in [-0.39, 0.29) is 0 Å². The summed E-state index contributed by atoms with van der Waals surface area (Å²) in [6.45, 7) is 4.71. The van der Waals surface area contributed by atoms with E-state index in [1.165, 1.54) is 16.7 Å². The summed E-state index contributed by atoms with van der Waals surface area (Å²) in [7, 11) is 5.82. The predicted molar refractivity (Wildman–Crippen MR) is 101 cm³/mol. The fourth-order valence-corrected chi connectivity index (χ4v) is 3.25. The minimum atomic E-state index is 0.757. The molecule has 0 bridgehead atoms. The average molecular weight is 324 g/mol. The molecule has 117 valence electrons. The normalized spacial score (nSPS) is 14.0. The van der Waals surface area contributed by atoms with Crippen molar-refractivity contribution in [2.24, 2.45) is 0 Å². The molecule has 0 aliphatic carbocycles. The number of nitrogens with one attached hydrogen (secondary N) is 2. The number of anilines is 1. The molecule has 0 unspecified atom stereocenters. The molecular weight excluding hydrogens is 302 g/mol. The first-order valence-electron chi connectivity index (χ1n) is 8.08. The van der Waals surface area contributed by atoms with Crippen molar-refractivity contribution in [1.82, 2.24) is 5.32 Å². The summed E-state index contributed by atoms with van der Waals surface area (Å²) in [5, 5.41) is 7.78. The summed E-state index contributed by atoms with van der Waals surface area (Å²) < 4.78 is 0. The van der Waals surface area contributed by atoms with Crippen molar-refractivity contribution >= 4 is 30.2 Å². The molecule has 0 spiro atoms. The second-order valence-electron chi connectivity index (χ2n) is 6.04. The van der Waals surface area contributed by atoms with Gasteiger partial charge >= 0.3 is 144 Å². The Labute approximate surface area is 144 Å². The van der Waals surface area contributed by atoms with Crippen LogP contribution in [0, 0.1) is 0 Å². The van der Waals surface area contributed by atoms with Gasteiger partial charge < -0.3 is 0 Å². The van der Waals surface area contributed by atoms with Crippen LogP contribution in [0.3, 0.4) is 0 Å². The number of fused-ring (bicyclic) bond motifs is 1. The van der Waals surface area contributed by atoms with Gasteiger partial charge in [0.15, 0.2) is 0 Å². The van der Waals surface area contributed by atoms with Crippen molar-refractivity contribution in [3.8, 4) is 0 Å². The first-order valence-corrected chi connectivity index (χ1v) is 8.46. The van der Waals surface area contributed by atoms with Gasteiger partial charge in [-0.05, 0) is 0 Å². The van der Waals surface area contributed by atoms with E-state index < -0.39 is 0 Å². The van der Waals surface area contributed by atoms with Crippen molar-refractivity contribution in [3.05, 3.63) is 63.7 Å². The van der Waals surface area contributed by atoms with E-state index in [2.05, 4.69) is 41.0 Å². The summed E-state index contributed by atoms with van der Waals surface area (Å²) in [5.74, 6) is 0. The van der Waals surface area contributed by atoms with Crippen LogP contribution in [-0.2, 0) is 19.4 Å². The maximum atomic E-state index is 6.44. The molecule has 4 heteroatoms. The Hall–Kier alpha value is -1.58. The summed E-state index contributed by atoms with van der Waals surface area (Å²) >= 11 is 6.44. The van der Waals surface area contributed by atoms with E-state index in [0.717, 1.165) is 54.2 Å². The maximum absolute atomic E-state index is 6.44. The third-order valence-electron chi connectivity index (χ3n) is 4.36. The topological polar surface area (TPSA) is 24.1 Å². The van der Waals surface area contributed by atoms with Gasteiger partial charge in [-0.15, -0.1) is 0 Å². The van der Waals surface area contributed by atoms with E-state index in [4.69, 9.17) is 19.1 Å². The number of rotatable bonds is 4. The average Bonchev–Trinajstić information content (AvgIpc) is 2.80. The Morgan fingerprint density at radius 2 is 1.87 bits per heavy atom. The van der Waals surface area contributed by atoms with Crippen LogP contribution in [0.1, 0.15) is 29.2 Å².